The van der Waals surface area contributed by atoms with Crippen molar-refractivity contribution in [2.75, 3.05) is 13.6 Å². The van der Waals surface area contributed by atoms with Crippen LogP contribution in [0.4, 0.5) is 0 Å². The van der Waals surface area contributed by atoms with Gasteiger partial charge in [0.25, 0.3) is 0 Å². The van der Waals surface area contributed by atoms with Crippen LogP contribution in [-0.2, 0) is 6.54 Å². The third kappa shape index (κ3) is 3.62. The molecule has 0 amide bonds. The molecule has 1 rings (SSSR count). The number of nitrogens with zero attached hydrogens (tertiary/aromatic N) is 1. The summed E-state index contributed by atoms with van der Waals surface area (Å²) in [5, 5.41) is 9.34. The van der Waals surface area contributed by atoms with Crippen LogP contribution < -0.4 is 0 Å². The average Bonchev–Trinajstić information content (AvgIpc) is 2.09. The summed E-state index contributed by atoms with van der Waals surface area (Å²) >= 11 is 0. The minimum absolute atomic E-state index is 0.268. The summed E-state index contributed by atoms with van der Waals surface area (Å²) in [5.74, 6) is 0. The van der Waals surface area contributed by atoms with Gasteiger partial charge in [-0.15, -0.1) is 0 Å². The second-order valence-corrected chi connectivity index (χ2v) is 4.92. The molecule has 1 unspecified atom stereocenters. The van der Waals surface area contributed by atoms with Crippen molar-refractivity contribution in [1.29, 1.82) is 0 Å². The smallest absolute Gasteiger partial charge is 0.0639 e. The van der Waals surface area contributed by atoms with Gasteiger partial charge in [-0.2, -0.15) is 0 Å². The first-order valence-corrected chi connectivity index (χ1v) is 5.83. The van der Waals surface area contributed by atoms with Crippen LogP contribution in [0, 0.1) is 20.8 Å². The van der Waals surface area contributed by atoms with Gasteiger partial charge in [0.1, 0.15) is 0 Å². The molecule has 2 nitrogen and oxygen atoms in total. The van der Waals surface area contributed by atoms with Crippen LogP contribution in [0.1, 0.15) is 29.2 Å². The number of benzene rings is 1. The molecule has 1 aromatic carbocycles. The van der Waals surface area contributed by atoms with Crippen LogP contribution in [0.3, 0.4) is 0 Å². The van der Waals surface area contributed by atoms with Gasteiger partial charge in [0.2, 0.25) is 0 Å². The van der Waals surface area contributed by atoms with Crippen molar-refractivity contribution in [1.82, 2.24) is 4.90 Å². The van der Waals surface area contributed by atoms with Crippen LogP contribution in [0.15, 0.2) is 12.1 Å². The third-order valence-electron chi connectivity index (χ3n) is 2.84. The maximum Gasteiger partial charge on any atom is 0.0639 e. The van der Waals surface area contributed by atoms with E-state index < -0.39 is 0 Å². The topological polar surface area (TPSA) is 23.5 Å². The highest BCUT2D eigenvalue weighted by Crippen LogP contribution is 2.17. The van der Waals surface area contributed by atoms with E-state index in [2.05, 4.69) is 37.8 Å². The fourth-order valence-electron chi connectivity index (χ4n) is 2.24. The summed E-state index contributed by atoms with van der Waals surface area (Å²) < 4.78 is 0. The minimum Gasteiger partial charge on any atom is -0.392 e. The molecule has 1 aromatic rings. The molecule has 0 aromatic heterocycles. The number of aryl methyl sites for hydroxylation is 3. The first kappa shape index (κ1) is 13.2. The Morgan fingerprint density at radius 3 is 2.12 bits per heavy atom. The molecule has 0 aliphatic rings. The highest BCUT2D eigenvalue weighted by molar-refractivity contribution is 5.37. The van der Waals surface area contributed by atoms with Crippen molar-refractivity contribution >= 4 is 0 Å². The Morgan fingerprint density at radius 1 is 1.19 bits per heavy atom. The first-order chi connectivity index (χ1) is 7.40. The Hall–Kier alpha value is -0.860. The second-order valence-electron chi connectivity index (χ2n) is 4.92. The molecule has 0 heterocycles. The van der Waals surface area contributed by atoms with Crippen molar-refractivity contribution in [2.45, 2.75) is 40.3 Å². The van der Waals surface area contributed by atoms with Crippen molar-refractivity contribution < 1.29 is 5.11 Å². The SMILES string of the molecule is Cc1cc(C)c(CN(C)CC(C)O)c(C)c1. The van der Waals surface area contributed by atoms with Gasteiger partial charge >= 0.3 is 0 Å². The Morgan fingerprint density at radius 2 is 1.69 bits per heavy atom. The van der Waals surface area contributed by atoms with Gasteiger partial charge in [-0.3, -0.25) is 4.90 Å². The summed E-state index contributed by atoms with van der Waals surface area (Å²) in [6.45, 7) is 9.89. The van der Waals surface area contributed by atoms with Gasteiger partial charge in [-0.25, -0.2) is 0 Å². The van der Waals surface area contributed by atoms with Crippen LogP contribution in [0.2, 0.25) is 0 Å². The Labute approximate surface area is 98.9 Å². The van der Waals surface area contributed by atoms with Gasteiger partial charge < -0.3 is 5.11 Å². The summed E-state index contributed by atoms with van der Waals surface area (Å²) in [6, 6.07) is 4.44. The van der Waals surface area contributed by atoms with Gasteiger partial charge in [0.15, 0.2) is 0 Å². The number of aliphatic hydroxyl groups excluding tert-OH is 1. The molecule has 0 spiro atoms. The van der Waals surface area contributed by atoms with Gasteiger partial charge in [0.05, 0.1) is 6.10 Å². The Kier molecular flexibility index (Phi) is 4.51. The van der Waals surface area contributed by atoms with Crippen LogP contribution in [-0.4, -0.2) is 29.7 Å². The summed E-state index contributed by atoms with van der Waals surface area (Å²) in [7, 11) is 2.05. The van der Waals surface area contributed by atoms with Gasteiger partial charge in [-0.05, 0) is 51.4 Å². The summed E-state index contributed by atoms with van der Waals surface area (Å²) in [4.78, 5) is 2.16. The van der Waals surface area contributed by atoms with Crippen molar-refractivity contribution in [3.05, 3.63) is 34.4 Å². The second kappa shape index (κ2) is 5.46. The molecule has 0 saturated heterocycles. The molecule has 0 saturated carbocycles. The lowest BCUT2D eigenvalue weighted by atomic mass is 9.99. The first-order valence-electron chi connectivity index (χ1n) is 5.83. The zero-order chi connectivity index (χ0) is 12.3. The molecule has 1 atom stereocenters. The number of hydrogen-bond donors (Lipinski definition) is 1. The van der Waals surface area contributed by atoms with Crippen molar-refractivity contribution in [3.8, 4) is 0 Å². The van der Waals surface area contributed by atoms with Gasteiger partial charge in [-0.1, -0.05) is 17.7 Å². The zero-order valence-electron chi connectivity index (χ0n) is 11.0. The molecule has 0 radical (unpaired) electrons. The third-order valence-corrected chi connectivity index (χ3v) is 2.84. The predicted octanol–water partition coefficient (Wildman–Crippen LogP) is 2.42. The number of rotatable bonds is 4. The quantitative estimate of drug-likeness (QED) is 0.844. The predicted molar refractivity (Wildman–Crippen MR) is 68.7 cm³/mol. The molecule has 0 aliphatic heterocycles. The van der Waals surface area contributed by atoms with E-state index in [9.17, 15) is 5.11 Å². The highest BCUT2D eigenvalue weighted by atomic mass is 16.3. The number of aliphatic hydroxyl groups is 1. The normalized spacial score (nSPS) is 13.2. The Balaban J connectivity index is 2.81. The van der Waals surface area contributed by atoms with Crippen molar-refractivity contribution in [2.24, 2.45) is 0 Å². The number of likely N-dealkylation sites (N-methyl/N-ethyl adjacent to an activating group) is 1. The highest BCUT2D eigenvalue weighted by Gasteiger charge is 2.08. The molecule has 2 heteroatoms. The fourth-order valence-corrected chi connectivity index (χ4v) is 2.24. The van der Waals surface area contributed by atoms with E-state index >= 15 is 0 Å². The summed E-state index contributed by atoms with van der Waals surface area (Å²) in [5.41, 5.74) is 5.38. The largest absolute Gasteiger partial charge is 0.392 e. The van der Waals surface area contributed by atoms with E-state index in [1.54, 1.807) is 0 Å². The molecule has 1 N–H and O–H groups in total. The Bertz CT molecular complexity index is 335. The monoisotopic (exact) mass is 221 g/mol. The number of hydrogen-bond acceptors (Lipinski definition) is 2. The van der Waals surface area contributed by atoms with Crippen LogP contribution in [0.5, 0.6) is 0 Å². The molecule has 0 aliphatic carbocycles. The molecule has 0 fully saturated rings. The van der Waals surface area contributed by atoms with E-state index in [1.807, 2.05) is 14.0 Å². The standard InChI is InChI=1S/C14H23NO/c1-10-6-11(2)14(12(3)7-10)9-15(5)8-13(4)16/h6-7,13,16H,8-9H2,1-5H3. The molecule has 16 heavy (non-hydrogen) atoms. The molecular weight excluding hydrogens is 198 g/mol. The zero-order valence-corrected chi connectivity index (χ0v) is 11.0. The lowest BCUT2D eigenvalue weighted by Gasteiger charge is -2.21. The van der Waals surface area contributed by atoms with E-state index in [0.29, 0.717) is 6.54 Å². The maximum atomic E-state index is 9.34. The molecule has 90 valence electrons. The van der Waals surface area contributed by atoms with Crippen LogP contribution >= 0.6 is 0 Å². The molecule has 0 bridgehead atoms. The van der Waals surface area contributed by atoms with E-state index in [0.717, 1.165) is 6.54 Å². The molecular formula is C14H23NO. The van der Waals surface area contributed by atoms with E-state index in [-0.39, 0.29) is 6.10 Å². The maximum absolute atomic E-state index is 9.34. The lowest BCUT2D eigenvalue weighted by molar-refractivity contribution is 0.138. The van der Waals surface area contributed by atoms with E-state index in [4.69, 9.17) is 0 Å². The minimum atomic E-state index is -0.268. The lowest BCUT2D eigenvalue weighted by Crippen LogP contribution is -2.27. The van der Waals surface area contributed by atoms with Crippen LogP contribution in [0.25, 0.3) is 0 Å². The van der Waals surface area contributed by atoms with Crippen molar-refractivity contribution in [3.63, 3.8) is 0 Å². The van der Waals surface area contributed by atoms with Gasteiger partial charge in [0, 0.05) is 13.1 Å². The average molecular weight is 221 g/mol. The fraction of sp³-hybridized carbons (Fsp3) is 0.571. The van der Waals surface area contributed by atoms with E-state index in [1.165, 1.54) is 22.3 Å². The summed E-state index contributed by atoms with van der Waals surface area (Å²) in [6.07, 6.45) is -0.268.